The summed E-state index contributed by atoms with van der Waals surface area (Å²) in [6, 6.07) is 0. The summed E-state index contributed by atoms with van der Waals surface area (Å²) in [5.41, 5.74) is 1.72. The van der Waals surface area contributed by atoms with Crippen LogP contribution in [-0.4, -0.2) is 14.7 Å². The molecule has 2 nitrogen and oxygen atoms in total. The molecule has 0 bridgehead atoms. The quantitative estimate of drug-likeness (QED) is 0.456. The van der Waals surface area contributed by atoms with Crippen LogP contribution < -0.4 is 5.11 Å². The number of hydrogen-bond acceptors (Lipinski definition) is 2. The van der Waals surface area contributed by atoms with Gasteiger partial charge in [-0.2, -0.15) is 0 Å². The summed E-state index contributed by atoms with van der Waals surface area (Å²) in [7, 11) is -1.36. The summed E-state index contributed by atoms with van der Waals surface area (Å²) in [6.45, 7) is 8.59. The lowest BCUT2D eigenvalue weighted by atomic mass is 10.8. The highest BCUT2D eigenvalue weighted by Gasteiger charge is 2.07. The molecule has 0 saturated carbocycles. The van der Waals surface area contributed by atoms with E-state index < -0.39 is 8.07 Å². The highest BCUT2D eigenvalue weighted by Crippen LogP contribution is 2.03. The normalized spacial score (nSPS) is 13.4. The maximum atomic E-state index is 10.8. The third-order valence-electron chi connectivity index (χ3n) is 0.837. The maximum absolute atomic E-state index is 10.8. The molecule has 0 aromatic rings. The zero-order valence-electron chi connectivity index (χ0n) is 7.10. The highest BCUT2D eigenvalue weighted by molar-refractivity contribution is 6.80. The van der Waals surface area contributed by atoms with E-state index in [0.717, 1.165) is 0 Å². The van der Waals surface area contributed by atoms with E-state index in [2.05, 4.69) is 19.6 Å². The molecular formula is C7H15O2Si-. The first-order valence-electron chi connectivity index (χ1n) is 3.48. The van der Waals surface area contributed by atoms with Gasteiger partial charge in [-0.15, -0.1) is 0 Å². The fourth-order valence-electron chi connectivity index (χ4n) is 0.537. The van der Waals surface area contributed by atoms with Crippen LogP contribution in [0, 0.1) is 0 Å². The van der Waals surface area contributed by atoms with Crippen LogP contribution in [0.1, 0.15) is 6.92 Å². The summed E-state index contributed by atoms with van der Waals surface area (Å²) in [5, 5.41) is 10.8. The largest absolute Gasteiger partial charge is 0.614 e. The molecule has 0 aromatic carbocycles. The van der Waals surface area contributed by atoms with Crippen molar-refractivity contribution in [2.45, 2.75) is 26.6 Å². The van der Waals surface area contributed by atoms with Gasteiger partial charge in [-0.05, 0) is 6.61 Å². The summed E-state index contributed by atoms with van der Waals surface area (Å²) in [5.74, 6) is -0.165. The second-order valence-electron chi connectivity index (χ2n) is 3.26. The van der Waals surface area contributed by atoms with E-state index in [-0.39, 0.29) is 5.95 Å². The maximum Gasteiger partial charge on any atom is 0.0710 e. The fraction of sp³-hybridized carbons (Fsp3) is 0.714. The molecule has 0 aromatic heterocycles. The Morgan fingerprint density at radius 2 is 2.00 bits per heavy atom. The van der Waals surface area contributed by atoms with Crippen molar-refractivity contribution in [1.29, 1.82) is 0 Å². The van der Waals surface area contributed by atoms with Crippen molar-refractivity contribution in [3.63, 3.8) is 0 Å². The monoisotopic (exact) mass is 159 g/mol. The van der Waals surface area contributed by atoms with Crippen LogP contribution in [0.5, 0.6) is 0 Å². The van der Waals surface area contributed by atoms with Crippen LogP contribution in [0.25, 0.3) is 0 Å². The van der Waals surface area contributed by atoms with Gasteiger partial charge in [0.15, 0.2) is 0 Å². The van der Waals surface area contributed by atoms with Crippen molar-refractivity contribution in [2.75, 3.05) is 6.61 Å². The van der Waals surface area contributed by atoms with Gasteiger partial charge >= 0.3 is 0 Å². The Bertz CT molecular complexity index is 124. The average molecular weight is 159 g/mol. The van der Waals surface area contributed by atoms with Crippen LogP contribution in [-0.2, 0) is 4.74 Å². The molecule has 10 heavy (non-hydrogen) atoms. The van der Waals surface area contributed by atoms with Crippen molar-refractivity contribution in [3.8, 4) is 0 Å². The predicted octanol–water partition coefficient (Wildman–Crippen LogP) is 1.10. The van der Waals surface area contributed by atoms with E-state index in [1.807, 2.05) is 6.92 Å². The second kappa shape index (κ2) is 3.66. The summed E-state index contributed by atoms with van der Waals surface area (Å²) in [4.78, 5) is 0. The first kappa shape index (κ1) is 9.56. The SMILES string of the molecule is CCO/C([O-])=C/[Si](C)(C)C. The van der Waals surface area contributed by atoms with E-state index in [1.54, 1.807) is 5.70 Å². The molecule has 0 spiro atoms. The van der Waals surface area contributed by atoms with Gasteiger partial charge in [-0.1, -0.05) is 32.3 Å². The van der Waals surface area contributed by atoms with Gasteiger partial charge in [0.05, 0.1) is 8.07 Å². The Hall–Kier alpha value is -0.443. The Balaban J connectivity index is 3.90. The minimum atomic E-state index is -1.36. The molecule has 0 amide bonds. The molecule has 0 radical (unpaired) electrons. The third kappa shape index (κ3) is 5.69. The molecular weight excluding hydrogens is 144 g/mol. The van der Waals surface area contributed by atoms with Crippen LogP contribution in [0.3, 0.4) is 0 Å². The van der Waals surface area contributed by atoms with Gasteiger partial charge in [0, 0.05) is 5.95 Å². The molecule has 0 aliphatic heterocycles. The Morgan fingerprint density at radius 3 is 2.30 bits per heavy atom. The molecule has 60 valence electrons. The van der Waals surface area contributed by atoms with Crippen LogP contribution in [0.4, 0.5) is 0 Å². The van der Waals surface area contributed by atoms with Gasteiger partial charge in [0.2, 0.25) is 0 Å². The number of rotatable bonds is 3. The lowest BCUT2D eigenvalue weighted by molar-refractivity contribution is -0.356. The Kier molecular flexibility index (Phi) is 3.50. The van der Waals surface area contributed by atoms with Crippen molar-refractivity contribution in [2.24, 2.45) is 0 Å². The summed E-state index contributed by atoms with van der Waals surface area (Å²) < 4.78 is 4.76. The standard InChI is InChI=1S/C7H16O2Si/c1-5-9-7(8)6-10(2,3)4/h6,8H,5H2,1-4H3/p-1/b7-6+. The molecule has 0 fully saturated rings. The zero-order chi connectivity index (χ0) is 8.20. The first-order valence-corrected chi connectivity index (χ1v) is 7.06. The molecule has 0 aliphatic carbocycles. The fourth-order valence-corrected chi connectivity index (χ4v) is 1.33. The lowest BCUT2D eigenvalue weighted by Crippen LogP contribution is -2.21. The smallest absolute Gasteiger partial charge is 0.0710 e. The first-order chi connectivity index (χ1) is 4.45. The third-order valence-corrected chi connectivity index (χ3v) is 1.94. The van der Waals surface area contributed by atoms with Gasteiger partial charge in [-0.25, -0.2) is 0 Å². The van der Waals surface area contributed by atoms with E-state index in [0.29, 0.717) is 6.61 Å². The van der Waals surface area contributed by atoms with E-state index in [1.165, 1.54) is 0 Å². The van der Waals surface area contributed by atoms with Gasteiger partial charge < -0.3 is 9.84 Å². The second-order valence-corrected chi connectivity index (χ2v) is 8.28. The number of ether oxygens (including phenoxy) is 1. The molecule has 0 aliphatic rings. The summed E-state index contributed by atoms with van der Waals surface area (Å²) >= 11 is 0. The van der Waals surface area contributed by atoms with Crippen molar-refractivity contribution < 1.29 is 9.84 Å². The van der Waals surface area contributed by atoms with Crippen molar-refractivity contribution in [3.05, 3.63) is 11.6 Å². The zero-order valence-corrected chi connectivity index (χ0v) is 8.10. The van der Waals surface area contributed by atoms with Crippen LogP contribution in [0.2, 0.25) is 19.6 Å². The number of hydrogen-bond donors (Lipinski definition) is 0. The van der Waals surface area contributed by atoms with Gasteiger partial charge in [0.25, 0.3) is 0 Å². The average Bonchev–Trinajstić information content (AvgIpc) is 1.59. The Labute approximate surface area is 63.5 Å². The lowest BCUT2D eigenvalue weighted by Gasteiger charge is -2.17. The van der Waals surface area contributed by atoms with Gasteiger partial charge in [-0.3, -0.25) is 0 Å². The van der Waals surface area contributed by atoms with Crippen molar-refractivity contribution in [1.82, 2.24) is 0 Å². The highest BCUT2D eigenvalue weighted by atomic mass is 28.3. The van der Waals surface area contributed by atoms with E-state index in [9.17, 15) is 5.11 Å². The van der Waals surface area contributed by atoms with Gasteiger partial charge in [0.1, 0.15) is 0 Å². The topological polar surface area (TPSA) is 32.3 Å². The minimum Gasteiger partial charge on any atom is -0.614 e. The van der Waals surface area contributed by atoms with E-state index >= 15 is 0 Å². The van der Waals surface area contributed by atoms with E-state index in [4.69, 9.17) is 4.74 Å². The van der Waals surface area contributed by atoms with Crippen molar-refractivity contribution >= 4 is 8.07 Å². The molecule has 0 atom stereocenters. The predicted molar refractivity (Wildman–Crippen MR) is 43.1 cm³/mol. The molecule has 0 rings (SSSR count). The molecule has 0 heterocycles. The molecule has 0 saturated heterocycles. The Morgan fingerprint density at radius 1 is 1.50 bits per heavy atom. The summed E-state index contributed by atoms with van der Waals surface area (Å²) in [6.07, 6.45) is 0. The minimum absolute atomic E-state index is 0.165. The molecule has 0 N–H and O–H groups in total. The van der Waals surface area contributed by atoms with Crippen LogP contribution >= 0.6 is 0 Å². The molecule has 0 unspecified atom stereocenters. The molecule has 3 heteroatoms. The van der Waals surface area contributed by atoms with Crippen LogP contribution in [0.15, 0.2) is 11.6 Å².